The summed E-state index contributed by atoms with van der Waals surface area (Å²) < 4.78 is 71.9. The van der Waals surface area contributed by atoms with E-state index in [4.69, 9.17) is 43.2 Å². The monoisotopic (exact) mass is 701 g/mol. The first-order valence-corrected chi connectivity index (χ1v) is 17.9. The van der Waals surface area contributed by atoms with Crippen molar-refractivity contribution in [3.05, 3.63) is 23.5 Å². The molecule has 14 heteroatoms. The summed E-state index contributed by atoms with van der Waals surface area (Å²) in [7, 11) is 0. The molecule has 7 aliphatic heterocycles. The third-order valence-corrected chi connectivity index (χ3v) is 12.3. The van der Waals surface area contributed by atoms with E-state index in [0.717, 1.165) is 44.9 Å². The highest BCUT2D eigenvalue weighted by molar-refractivity contribution is 5.73. The maximum atomic E-state index is 14.3. The van der Waals surface area contributed by atoms with Crippen molar-refractivity contribution in [1.29, 1.82) is 0 Å². The molecule has 6 saturated heterocycles. The second kappa shape index (κ2) is 13.6. The first kappa shape index (κ1) is 35.6. The molecule has 2 aliphatic carbocycles. The molecule has 49 heavy (non-hydrogen) atoms. The number of halogens is 3. The van der Waals surface area contributed by atoms with Gasteiger partial charge in [0.25, 0.3) is 0 Å². The van der Waals surface area contributed by atoms with Gasteiger partial charge in [0, 0.05) is 49.0 Å². The third-order valence-electron chi connectivity index (χ3n) is 12.3. The van der Waals surface area contributed by atoms with Crippen LogP contribution in [-0.4, -0.2) is 79.4 Å². The lowest BCUT2D eigenvalue weighted by atomic mass is 9.59. The van der Waals surface area contributed by atoms with E-state index in [9.17, 15) is 18.3 Å². The van der Waals surface area contributed by atoms with E-state index in [2.05, 4.69) is 11.9 Å². The molecule has 9 rings (SSSR count). The van der Waals surface area contributed by atoms with Gasteiger partial charge in [-0.25, -0.2) is 24.5 Å². The number of aliphatic hydroxyl groups excluding tert-OH is 1. The molecule has 4 bridgehead atoms. The van der Waals surface area contributed by atoms with E-state index in [0.29, 0.717) is 31.3 Å². The SMILES string of the molecule is CC(=NC(O)C(C)C1CCCC2CCC3(C)OCC21OO3)OCC=CCOCC1=C(C(F)(F)F)OC2OC3CCC4C(C)CCC1C24OO3. The summed E-state index contributed by atoms with van der Waals surface area (Å²) in [4.78, 5) is 27.7. The van der Waals surface area contributed by atoms with Gasteiger partial charge in [-0.1, -0.05) is 26.3 Å². The standard InChI is InChI=1S/C35H50F3NO10/c1-20-10-11-27-24(29(35(36,37)38)45-31-34(27)25(20)12-13-28(44-31)46-49-34)18-41-16-5-6-17-42-22(3)39-30(40)21(2)26-9-7-8-23-14-15-32(4)43-19-33(23,26)48-47-32/h5-6,20-21,23,25-28,30-31,40H,7-19H2,1-4H3. The van der Waals surface area contributed by atoms with Crippen LogP contribution < -0.4 is 0 Å². The molecule has 9 aliphatic rings. The zero-order valence-corrected chi connectivity index (χ0v) is 28.7. The van der Waals surface area contributed by atoms with Crippen molar-refractivity contribution in [3.63, 3.8) is 0 Å². The summed E-state index contributed by atoms with van der Waals surface area (Å²) in [6, 6.07) is 0. The minimum absolute atomic E-state index is 0.00220. The lowest BCUT2D eigenvalue weighted by Gasteiger charge is -2.56. The van der Waals surface area contributed by atoms with Crippen molar-refractivity contribution in [2.45, 2.75) is 127 Å². The molecule has 12 unspecified atom stereocenters. The van der Waals surface area contributed by atoms with Gasteiger partial charge in [0.2, 0.25) is 12.0 Å². The lowest BCUT2D eigenvalue weighted by Crippen LogP contribution is -2.66. The number of aliphatic hydroxyl groups is 1. The number of allylic oxidation sites excluding steroid dienone is 1. The molecule has 0 radical (unpaired) electrons. The Morgan fingerprint density at radius 1 is 1.06 bits per heavy atom. The summed E-state index contributed by atoms with van der Waals surface area (Å²) in [5, 5.41) is 11.1. The summed E-state index contributed by atoms with van der Waals surface area (Å²) >= 11 is 0. The van der Waals surface area contributed by atoms with E-state index in [-0.39, 0.29) is 49.1 Å². The van der Waals surface area contributed by atoms with Crippen LogP contribution in [0.5, 0.6) is 0 Å². The number of fused-ring (bicyclic) bond motifs is 5. The number of ether oxygens (including phenoxy) is 5. The predicted molar refractivity (Wildman–Crippen MR) is 166 cm³/mol. The van der Waals surface area contributed by atoms with Crippen LogP contribution in [0.1, 0.15) is 85.5 Å². The highest BCUT2D eigenvalue weighted by Crippen LogP contribution is 2.60. The van der Waals surface area contributed by atoms with Crippen LogP contribution >= 0.6 is 0 Å². The molecule has 0 aromatic carbocycles. The molecule has 2 saturated carbocycles. The zero-order valence-electron chi connectivity index (χ0n) is 28.7. The fourth-order valence-corrected chi connectivity index (χ4v) is 9.67. The summed E-state index contributed by atoms with van der Waals surface area (Å²) in [5.41, 5.74) is -1.73. The Morgan fingerprint density at radius 3 is 2.65 bits per heavy atom. The second-order valence-electron chi connectivity index (χ2n) is 15.2. The van der Waals surface area contributed by atoms with Crippen LogP contribution in [0.4, 0.5) is 13.2 Å². The predicted octanol–water partition coefficient (Wildman–Crippen LogP) is 6.26. The van der Waals surface area contributed by atoms with Gasteiger partial charge in [-0.05, 0) is 63.4 Å². The van der Waals surface area contributed by atoms with Crippen LogP contribution in [0.2, 0.25) is 0 Å². The molecule has 8 fully saturated rings. The van der Waals surface area contributed by atoms with Crippen molar-refractivity contribution in [2.24, 2.45) is 40.5 Å². The average molecular weight is 702 g/mol. The van der Waals surface area contributed by atoms with Gasteiger partial charge in [-0.15, -0.1) is 0 Å². The molecule has 11 nitrogen and oxygen atoms in total. The lowest BCUT2D eigenvalue weighted by molar-refractivity contribution is -0.528. The summed E-state index contributed by atoms with van der Waals surface area (Å²) in [6.07, 6.45) is 2.90. The number of aliphatic imine (C=N–C) groups is 1. The third kappa shape index (κ3) is 6.47. The Morgan fingerprint density at radius 2 is 1.88 bits per heavy atom. The van der Waals surface area contributed by atoms with Crippen molar-refractivity contribution in [3.8, 4) is 0 Å². The molecule has 0 aromatic heterocycles. The van der Waals surface area contributed by atoms with Gasteiger partial charge in [0.05, 0.1) is 19.8 Å². The van der Waals surface area contributed by atoms with Crippen LogP contribution in [0.25, 0.3) is 0 Å². The number of hydrogen-bond donors (Lipinski definition) is 1. The molecular formula is C35H50F3NO10. The summed E-state index contributed by atoms with van der Waals surface area (Å²) in [6.45, 7) is 8.02. The van der Waals surface area contributed by atoms with Crippen molar-refractivity contribution < 1.29 is 61.5 Å². The molecule has 1 N–H and O–H groups in total. The molecule has 0 amide bonds. The Bertz CT molecular complexity index is 1300. The highest BCUT2D eigenvalue weighted by atomic mass is 19.4. The van der Waals surface area contributed by atoms with E-state index in [1.807, 2.05) is 13.8 Å². The number of rotatable bonds is 9. The van der Waals surface area contributed by atoms with E-state index in [1.165, 1.54) is 0 Å². The van der Waals surface area contributed by atoms with Crippen LogP contribution in [0.3, 0.4) is 0 Å². The van der Waals surface area contributed by atoms with Gasteiger partial charge in [0.15, 0.2) is 29.8 Å². The first-order valence-electron chi connectivity index (χ1n) is 17.9. The van der Waals surface area contributed by atoms with Crippen LogP contribution in [0, 0.1) is 35.5 Å². The van der Waals surface area contributed by atoms with Crippen molar-refractivity contribution in [2.75, 3.05) is 26.4 Å². The quantitative estimate of drug-likeness (QED) is 0.0971. The Balaban J connectivity index is 0.932. The Hall–Kier alpha value is -1.78. The Kier molecular flexibility index (Phi) is 9.92. The highest BCUT2D eigenvalue weighted by Gasteiger charge is 2.68. The van der Waals surface area contributed by atoms with Crippen molar-refractivity contribution >= 4 is 5.90 Å². The fraction of sp³-hybridized carbons (Fsp3) is 0.857. The molecule has 0 aromatic rings. The second-order valence-corrected chi connectivity index (χ2v) is 15.2. The Labute approximate surface area is 285 Å². The average Bonchev–Trinajstić information content (AvgIpc) is 3.49. The minimum Gasteiger partial charge on any atom is -0.477 e. The molecular weight excluding hydrogens is 651 g/mol. The van der Waals surface area contributed by atoms with Crippen molar-refractivity contribution in [1.82, 2.24) is 0 Å². The van der Waals surface area contributed by atoms with Crippen LogP contribution in [-0.2, 0) is 43.2 Å². The molecule has 12 atom stereocenters. The van der Waals surface area contributed by atoms with E-state index in [1.54, 1.807) is 19.1 Å². The maximum absolute atomic E-state index is 14.3. The normalized spacial score (nSPS) is 43.3. The number of hydrogen-bond acceptors (Lipinski definition) is 11. The topological polar surface area (TPSA) is 116 Å². The largest absolute Gasteiger partial charge is 0.477 e. The first-order chi connectivity index (χ1) is 23.4. The number of alkyl halides is 3. The van der Waals surface area contributed by atoms with Crippen LogP contribution in [0.15, 0.2) is 28.5 Å². The van der Waals surface area contributed by atoms with E-state index >= 15 is 0 Å². The molecule has 7 heterocycles. The molecule has 2 spiro atoms. The maximum Gasteiger partial charge on any atom is 0.449 e. The summed E-state index contributed by atoms with van der Waals surface area (Å²) in [5.74, 6) is -1.86. The van der Waals surface area contributed by atoms with Gasteiger partial charge >= 0.3 is 6.18 Å². The fourth-order valence-electron chi connectivity index (χ4n) is 9.67. The smallest absolute Gasteiger partial charge is 0.449 e. The molecule has 276 valence electrons. The van der Waals surface area contributed by atoms with Gasteiger partial charge < -0.3 is 28.8 Å². The number of nitrogens with zero attached hydrogens (tertiary/aromatic N) is 1. The minimum atomic E-state index is -4.71. The van der Waals surface area contributed by atoms with Gasteiger partial charge in [0.1, 0.15) is 12.2 Å². The zero-order chi connectivity index (χ0) is 34.6. The van der Waals surface area contributed by atoms with Gasteiger partial charge in [-0.2, -0.15) is 13.2 Å². The van der Waals surface area contributed by atoms with Gasteiger partial charge in [-0.3, -0.25) is 0 Å². The van der Waals surface area contributed by atoms with E-state index < -0.39 is 53.7 Å².